The van der Waals surface area contributed by atoms with Crippen LogP contribution in [0.1, 0.15) is 104 Å². The number of alkyl carbamates (subject to hydrolysis) is 2. The smallest absolute Gasteiger partial charge is 0.410 e. The van der Waals surface area contributed by atoms with Crippen LogP contribution in [0.3, 0.4) is 0 Å². The van der Waals surface area contributed by atoms with Crippen LogP contribution in [0.15, 0.2) is 84.9 Å². The lowest BCUT2D eigenvalue weighted by Crippen LogP contribution is -2.54. The molecule has 1 fully saturated rings. The maximum absolute atomic E-state index is 14.3. The maximum atomic E-state index is 14.3. The van der Waals surface area contributed by atoms with E-state index in [2.05, 4.69) is 22.5 Å². The molecular weight excluding hydrogens is 989 g/mol. The van der Waals surface area contributed by atoms with Crippen molar-refractivity contribution in [1.29, 1.82) is 0 Å². The van der Waals surface area contributed by atoms with Crippen LogP contribution in [0, 0.1) is 24.7 Å². The minimum Gasteiger partial charge on any atom is -0.479 e. The fourth-order valence-electron chi connectivity index (χ4n) is 8.78. The first-order valence-corrected chi connectivity index (χ1v) is 25.3. The van der Waals surface area contributed by atoms with E-state index in [4.69, 9.17) is 41.3 Å². The minimum absolute atomic E-state index is 0.104. The molecule has 0 aromatic heterocycles. The molecule has 4 aromatic carbocycles. The lowest BCUT2D eigenvalue weighted by Gasteiger charge is -2.42. The van der Waals surface area contributed by atoms with Crippen LogP contribution >= 0.6 is 0 Å². The van der Waals surface area contributed by atoms with E-state index in [0.717, 1.165) is 11.1 Å². The van der Waals surface area contributed by atoms with Gasteiger partial charge in [0.05, 0.1) is 35.7 Å². The summed E-state index contributed by atoms with van der Waals surface area (Å²) in [7, 11) is 1.24. The van der Waals surface area contributed by atoms with E-state index in [0.29, 0.717) is 59.9 Å². The second-order valence-corrected chi connectivity index (χ2v) is 19.5. The predicted molar refractivity (Wildman–Crippen MR) is 286 cm³/mol. The zero-order chi connectivity index (χ0) is 56.0. The van der Waals surface area contributed by atoms with Gasteiger partial charge >= 0.3 is 24.2 Å². The van der Waals surface area contributed by atoms with E-state index in [9.17, 15) is 33.6 Å². The van der Waals surface area contributed by atoms with Crippen molar-refractivity contribution in [2.24, 2.45) is 0 Å². The van der Waals surface area contributed by atoms with Crippen molar-refractivity contribution >= 4 is 53.3 Å². The zero-order valence-electron chi connectivity index (χ0n) is 44.7. The van der Waals surface area contributed by atoms with Crippen LogP contribution in [-0.4, -0.2) is 128 Å². The first kappa shape index (κ1) is 57.6. The first-order valence-electron chi connectivity index (χ1n) is 25.3. The Kier molecular flexibility index (Phi) is 19.6. The second kappa shape index (κ2) is 26.2. The van der Waals surface area contributed by atoms with Crippen molar-refractivity contribution in [3.63, 3.8) is 0 Å². The van der Waals surface area contributed by atoms with E-state index >= 15 is 0 Å². The largest absolute Gasteiger partial charge is 0.479 e. The van der Waals surface area contributed by atoms with Crippen LogP contribution < -0.4 is 29.9 Å². The highest BCUT2D eigenvalue weighted by atomic mass is 16.6. The third-order valence-corrected chi connectivity index (χ3v) is 12.4. The Hall–Kier alpha value is -8.71. The molecule has 0 saturated carbocycles. The average Bonchev–Trinajstić information content (AvgIpc) is 3.43. The quantitative estimate of drug-likeness (QED) is 0.0715. The molecule has 7 rings (SSSR count). The number of rotatable bonds is 14. The Morgan fingerprint density at radius 1 is 0.740 bits per heavy atom. The number of terminal acetylenes is 2. The summed E-state index contributed by atoms with van der Waals surface area (Å²) in [4.78, 5) is 95.8. The third kappa shape index (κ3) is 15.0. The molecule has 77 heavy (non-hydrogen) atoms. The number of nitrogens with one attached hydrogen (secondary N) is 2. The number of ether oxygens (including phenoxy) is 6. The number of methoxy groups -OCH3 is 1. The molecule has 3 aliphatic rings. The molecule has 4 aromatic rings. The van der Waals surface area contributed by atoms with Crippen molar-refractivity contribution < 1.29 is 62.0 Å². The number of hydrogen-bond acceptors (Lipinski definition) is 13. The van der Waals surface area contributed by atoms with E-state index in [1.54, 1.807) is 35.8 Å². The molecule has 19 heteroatoms. The summed E-state index contributed by atoms with van der Waals surface area (Å²) >= 11 is 0. The van der Waals surface area contributed by atoms with E-state index in [1.165, 1.54) is 29.0 Å². The summed E-state index contributed by atoms with van der Waals surface area (Å²) in [5.41, 5.74) is 2.87. The number of esters is 1. The number of amides is 6. The standard InChI is InChI=1S/C35H44N4O7.C23H22N2O6/c1-8-26-19-30-29(38(31(40)24(4)45-30)18-16-36-33(42)44-22-25-13-10-9-11-14-25)20-28(26)32(41)39(23(2)3)27-15-12-17-37(21-27)34(43)46-35(5,6)7;1-4-17-12-20-19(13-18(17)22(27)29-3)25(21(26)15(2)31-20)11-10-24-23(28)30-14-16-8-6-5-7-9-16/h1,9-11,13-14,19-20,23-24,27H,12,15-18,21-22H2,2-7H3,(H,36,42);1,5-9,12-13,15H,10-11,14H2,2-3H3,(H,24,28)/t24-,27-;15-/m11/s1. The van der Waals surface area contributed by atoms with E-state index in [-0.39, 0.29) is 80.3 Å². The van der Waals surface area contributed by atoms with Gasteiger partial charge in [-0.2, -0.15) is 0 Å². The lowest BCUT2D eigenvalue weighted by atomic mass is 9.98. The molecule has 1 saturated heterocycles. The number of nitrogens with zero attached hydrogens (tertiary/aromatic N) is 4. The summed E-state index contributed by atoms with van der Waals surface area (Å²) in [6.07, 6.45) is 9.64. The Morgan fingerprint density at radius 3 is 1.65 bits per heavy atom. The fraction of sp³-hybridized carbons (Fsp3) is 0.397. The molecule has 3 heterocycles. The number of piperidine rings is 1. The summed E-state index contributed by atoms with van der Waals surface area (Å²) in [6, 6.07) is 24.3. The number of fused-ring (bicyclic) bond motifs is 2. The van der Waals surface area contributed by atoms with Crippen LogP contribution in [0.2, 0.25) is 0 Å². The van der Waals surface area contributed by atoms with Crippen LogP contribution in [0.5, 0.6) is 11.5 Å². The van der Waals surface area contributed by atoms with Crippen LogP contribution in [-0.2, 0) is 41.8 Å². The molecule has 406 valence electrons. The van der Waals surface area contributed by atoms with Crippen molar-refractivity contribution in [3.8, 4) is 36.2 Å². The molecule has 3 aliphatic heterocycles. The average molecular weight is 1060 g/mol. The Bertz CT molecular complexity index is 2890. The normalized spacial score (nSPS) is 16.6. The van der Waals surface area contributed by atoms with Gasteiger partial charge in [-0.05, 0) is 96.7 Å². The Balaban J connectivity index is 0.000000269. The summed E-state index contributed by atoms with van der Waals surface area (Å²) in [5.74, 6) is 4.23. The van der Waals surface area contributed by atoms with E-state index < -0.39 is 42.1 Å². The number of hydrogen-bond donors (Lipinski definition) is 2. The minimum atomic E-state index is -0.794. The van der Waals surface area contributed by atoms with Gasteiger partial charge < -0.3 is 58.7 Å². The third-order valence-electron chi connectivity index (χ3n) is 12.4. The zero-order valence-corrected chi connectivity index (χ0v) is 44.7. The molecule has 3 atom stereocenters. The highest BCUT2D eigenvalue weighted by Crippen LogP contribution is 2.39. The van der Waals surface area contributed by atoms with Crippen molar-refractivity contribution in [1.82, 2.24) is 20.4 Å². The van der Waals surface area contributed by atoms with Gasteiger partial charge in [0.15, 0.2) is 12.2 Å². The van der Waals surface area contributed by atoms with Gasteiger partial charge in [0.1, 0.15) is 30.3 Å². The number of likely N-dealkylation sites (tertiary alicyclic amines) is 1. The Labute approximate surface area is 449 Å². The molecule has 0 bridgehead atoms. The van der Waals surface area contributed by atoms with E-state index in [1.807, 2.05) is 95.3 Å². The first-order chi connectivity index (χ1) is 36.7. The van der Waals surface area contributed by atoms with Gasteiger partial charge in [-0.1, -0.05) is 72.5 Å². The molecule has 6 amide bonds. The molecule has 0 spiro atoms. The topological polar surface area (TPSA) is 212 Å². The number of benzene rings is 4. The molecule has 0 unspecified atom stereocenters. The Morgan fingerprint density at radius 2 is 1.21 bits per heavy atom. The van der Waals surface area contributed by atoms with Gasteiger partial charge in [0, 0.05) is 56.4 Å². The van der Waals surface area contributed by atoms with Gasteiger partial charge in [0.25, 0.3) is 17.7 Å². The number of anilines is 2. The van der Waals surface area contributed by atoms with Crippen molar-refractivity contribution in [2.75, 3.05) is 56.2 Å². The molecule has 19 nitrogen and oxygen atoms in total. The highest BCUT2D eigenvalue weighted by Gasteiger charge is 2.38. The maximum Gasteiger partial charge on any atom is 0.410 e. The lowest BCUT2D eigenvalue weighted by molar-refractivity contribution is -0.126. The molecule has 2 N–H and O–H groups in total. The predicted octanol–water partition coefficient (Wildman–Crippen LogP) is 7.45. The van der Waals surface area contributed by atoms with Crippen molar-refractivity contribution in [3.05, 3.63) is 118 Å². The number of carbonyl (C=O) groups excluding carboxylic acids is 7. The monoisotopic (exact) mass is 1050 g/mol. The van der Waals surface area contributed by atoms with Gasteiger partial charge in [-0.15, -0.1) is 12.8 Å². The molecule has 0 radical (unpaired) electrons. The van der Waals surface area contributed by atoms with Crippen molar-refractivity contribution in [2.45, 2.75) is 104 Å². The van der Waals surface area contributed by atoms with Crippen LogP contribution in [0.4, 0.5) is 25.8 Å². The SMILES string of the molecule is C#Cc1cc2c(cc1C(=O)N(C(C)C)[C@@H]1CCCN(C(=O)OC(C)(C)C)C1)N(CCNC(=O)OCc1ccccc1)C(=O)[C@@H](C)O2.C#Cc1cc2c(cc1C(=O)OC)N(CCNC(=O)OCc1ccccc1)C(=O)[C@@H](C)O2. The highest BCUT2D eigenvalue weighted by molar-refractivity contribution is 6.04. The van der Waals surface area contributed by atoms with Crippen LogP contribution in [0.25, 0.3) is 0 Å². The molecule has 0 aliphatic carbocycles. The fourth-order valence-corrected chi connectivity index (χ4v) is 8.78. The second-order valence-electron chi connectivity index (χ2n) is 19.5. The van der Waals surface area contributed by atoms with Gasteiger partial charge in [-0.25, -0.2) is 19.2 Å². The molecular formula is C58H66N6O13. The van der Waals surface area contributed by atoms with Gasteiger partial charge in [0.2, 0.25) is 0 Å². The number of carbonyl (C=O) groups is 7. The summed E-state index contributed by atoms with van der Waals surface area (Å²) < 4.78 is 32.4. The summed E-state index contributed by atoms with van der Waals surface area (Å²) in [6.45, 7) is 14.2. The summed E-state index contributed by atoms with van der Waals surface area (Å²) in [5, 5.41) is 5.30. The van der Waals surface area contributed by atoms with Gasteiger partial charge in [-0.3, -0.25) is 14.4 Å².